The van der Waals surface area contributed by atoms with Crippen LogP contribution in [0.3, 0.4) is 0 Å². The predicted molar refractivity (Wildman–Crippen MR) is 98.7 cm³/mol. The molecule has 0 aliphatic rings. The summed E-state index contributed by atoms with van der Waals surface area (Å²) in [5.41, 5.74) is 1.86. The van der Waals surface area contributed by atoms with E-state index in [2.05, 4.69) is 12.2 Å². The zero-order valence-electron chi connectivity index (χ0n) is 15.2. The average Bonchev–Trinajstić information content (AvgIpc) is 2.66. The molecule has 134 valence electrons. The minimum atomic E-state index is -0.569. The molecule has 0 heterocycles. The van der Waals surface area contributed by atoms with E-state index in [0.29, 0.717) is 29.4 Å². The number of benzene rings is 2. The lowest BCUT2D eigenvalue weighted by atomic mass is 10.1. The number of anilines is 1. The first-order valence-corrected chi connectivity index (χ1v) is 8.39. The minimum absolute atomic E-state index is 0.200. The summed E-state index contributed by atoms with van der Waals surface area (Å²) in [6, 6.07) is 13.0. The summed E-state index contributed by atoms with van der Waals surface area (Å²) in [6.07, 6.45) is 0.965. The molecule has 0 aromatic heterocycles. The normalized spacial score (nSPS) is 11.5. The van der Waals surface area contributed by atoms with Gasteiger partial charge in [0, 0.05) is 11.8 Å². The molecule has 25 heavy (non-hydrogen) atoms. The van der Waals surface area contributed by atoms with Gasteiger partial charge in [0.25, 0.3) is 5.91 Å². The third-order valence-corrected chi connectivity index (χ3v) is 3.92. The molecule has 5 heteroatoms. The quantitative estimate of drug-likeness (QED) is 0.785. The van der Waals surface area contributed by atoms with Gasteiger partial charge in [0.1, 0.15) is 5.75 Å². The van der Waals surface area contributed by atoms with E-state index < -0.39 is 6.10 Å². The van der Waals surface area contributed by atoms with Crippen LogP contribution in [0.1, 0.15) is 25.8 Å². The maximum atomic E-state index is 12.5. The number of hydrogen-bond acceptors (Lipinski definition) is 4. The van der Waals surface area contributed by atoms with Crippen LogP contribution in [0, 0.1) is 0 Å². The lowest BCUT2D eigenvalue weighted by Crippen LogP contribution is -2.32. The van der Waals surface area contributed by atoms with Crippen molar-refractivity contribution < 1.29 is 19.0 Å². The Labute approximate surface area is 148 Å². The Morgan fingerprint density at radius 2 is 1.68 bits per heavy atom. The van der Waals surface area contributed by atoms with E-state index in [9.17, 15) is 4.79 Å². The number of rotatable bonds is 8. The first kappa shape index (κ1) is 18.6. The van der Waals surface area contributed by atoms with Crippen LogP contribution in [0.5, 0.6) is 17.2 Å². The molecule has 1 amide bonds. The van der Waals surface area contributed by atoms with Crippen molar-refractivity contribution in [1.82, 2.24) is 0 Å². The second-order valence-electron chi connectivity index (χ2n) is 5.57. The molecule has 0 radical (unpaired) electrons. The first-order valence-electron chi connectivity index (χ1n) is 8.39. The molecule has 0 aliphatic heterocycles. The highest BCUT2D eigenvalue weighted by Crippen LogP contribution is 2.30. The molecule has 0 unspecified atom stereocenters. The Morgan fingerprint density at radius 1 is 1.00 bits per heavy atom. The Hall–Kier alpha value is -2.69. The molecule has 1 atom stereocenters. The lowest BCUT2D eigenvalue weighted by Gasteiger charge is -2.18. The average molecular weight is 343 g/mol. The maximum Gasteiger partial charge on any atom is 0.265 e. The Balaban J connectivity index is 2.06. The van der Waals surface area contributed by atoms with Gasteiger partial charge in [-0.1, -0.05) is 26.0 Å². The van der Waals surface area contributed by atoms with E-state index >= 15 is 0 Å². The largest absolute Gasteiger partial charge is 0.493 e. The Bertz CT molecular complexity index is 697. The van der Waals surface area contributed by atoms with Gasteiger partial charge in [-0.15, -0.1) is 0 Å². The zero-order chi connectivity index (χ0) is 18.2. The molecule has 0 fully saturated rings. The van der Waals surface area contributed by atoms with E-state index in [-0.39, 0.29) is 5.91 Å². The fourth-order valence-electron chi connectivity index (χ4n) is 2.43. The summed E-state index contributed by atoms with van der Waals surface area (Å²) in [5, 5.41) is 2.86. The van der Waals surface area contributed by atoms with Crippen molar-refractivity contribution in [3.05, 3.63) is 48.0 Å². The van der Waals surface area contributed by atoms with Gasteiger partial charge in [0.05, 0.1) is 14.2 Å². The third-order valence-electron chi connectivity index (χ3n) is 3.92. The van der Waals surface area contributed by atoms with Gasteiger partial charge in [-0.25, -0.2) is 0 Å². The van der Waals surface area contributed by atoms with Gasteiger partial charge in [0.15, 0.2) is 17.6 Å². The van der Waals surface area contributed by atoms with Gasteiger partial charge < -0.3 is 19.5 Å². The fraction of sp³-hybridized carbons (Fsp3) is 0.350. The zero-order valence-corrected chi connectivity index (χ0v) is 15.2. The number of carbonyl (C=O) groups excluding carboxylic acids is 1. The van der Waals surface area contributed by atoms with Crippen LogP contribution in [-0.2, 0) is 11.2 Å². The van der Waals surface area contributed by atoms with Crippen molar-refractivity contribution in [3.8, 4) is 17.2 Å². The summed E-state index contributed by atoms with van der Waals surface area (Å²) in [7, 11) is 3.13. The maximum absolute atomic E-state index is 12.5. The number of hydrogen-bond donors (Lipinski definition) is 1. The summed E-state index contributed by atoms with van der Waals surface area (Å²) in [6.45, 7) is 4.01. The Kier molecular flexibility index (Phi) is 6.69. The molecule has 2 aromatic rings. The highest BCUT2D eigenvalue weighted by molar-refractivity contribution is 5.94. The van der Waals surface area contributed by atoms with Crippen molar-refractivity contribution in [2.24, 2.45) is 0 Å². The van der Waals surface area contributed by atoms with E-state index in [1.54, 1.807) is 32.4 Å². The molecule has 0 bridgehead atoms. The van der Waals surface area contributed by atoms with Crippen molar-refractivity contribution in [2.75, 3.05) is 19.5 Å². The van der Waals surface area contributed by atoms with Gasteiger partial charge in [-0.2, -0.15) is 0 Å². The van der Waals surface area contributed by atoms with Crippen molar-refractivity contribution in [2.45, 2.75) is 32.8 Å². The SMILES string of the molecule is CCc1ccc(O[C@@H](CC)C(=O)Nc2ccc(OC)c(OC)c2)cc1. The molecule has 2 rings (SSSR count). The second kappa shape index (κ2) is 8.97. The monoisotopic (exact) mass is 343 g/mol. The van der Waals surface area contributed by atoms with Gasteiger partial charge >= 0.3 is 0 Å². The molecule has 2 aromatic carbocycles. The second-order valence-corrected chi connectivity index (χ2v) is 5.57. The predicted octanol–water partition coefficient (Wildman–Crippen LogP) is 4.06. The molecular formula is C20H25NO4. The molecule has 0 spiro atoms. The Morgan fingerprint density at radius 3 is 2.24 bits per heavy atom. The van der Waals surface area contributed by atoms with Gasteiger partial charge in [-0.3, -0.25) is 4.79 Å². The van der Waals surface area contributed by atoms with E-state index in [1.165, 1.54) is 5.56 Å². The first-order chi connectivity index (χ1) is 12.1. The number of amides is 1. The number of nitrogens with one attached hydrogen (secondary N) is 1. The van der Waals surface area contributed by atoms with Crippen molar-refractivity contribution in [1.29, 1.82) is 0 Å². The summed E-state index contributed by atoms with van der Waals surface area (Å²) in [5.74, 6) is 1.66. The number of carbonyl (C=O) groups is 1. The van der Waals surface area contributed by atoms with Crippen LogP contribution in [0.4, 0.5) is 5.69 Å². The van der Waals surface area contributed by atoms with Crippen LogP contribution in [0.2, 0.25) is 0 Å². The van der Waals surface area contributed by atoms with Gasteiger partial charge in [-0.05, 0) is 42.7 Å². The summed E-state index contributed by atoms with van der Waals surface area (Å²) >= 11 is 0. The molecule has 0 saturated heterocycles. The van der Waals surface area contributed by atoms with Crippen LogP contribution in [-0.4, -0.2) is 26.2 Å². The van der Waals surface area contributed by atoms with Crippen molar-refractivity contribution in [3.63, 3.8) is 0 Å². The summed E-state index contributed by atoms with van der Waals surface area (Å²) in [4.78, 5) is 12.5. The third kappa shape index (κ3) is 4.89. The van der Waals surface area contributed by atoms with Crippen LogP contribution in [0.15, 0.2) is 42.5 Å². The molecule has 1 N–H and O–H groups in total. The molecule has 0 aliphatic carbocycles. The molecular weight excluding hydrogens is 318 g/mol. The smallest absolute Gasteiger partial charge is 0.265 e. The minimum Gasteiger partial charge on any atom is -0.493 e. The van der Waals surface area contributed by atoms with Crippen LogP contribution < -0.4 is 19.5 Å². The van der Waals surface area contributed by atoms with Crippen molar-refractivity contribution >= 4 is 11.6 Å². The number of aryl methyl sites for hydroxylation is 1. The number of ether oxygens (including phenoxy) is 3. The highest BCUT2D eigenvalue weighted by atomic mass is 16.5. The van der Waals surface area contributed by atoms with Crippen LogP contribution >= 0.6 is 0 Å². The lowest BCUT2D eigenvalue weighted by molar-refractivity contribution is -0.122. The van der Waals surface area contributed by atoms with E-state index in [0.717, 1.165) is 6.42 Å². The highest BCUT2D eigenvalue weighted by Gasteiger charge is 2.19. The molecule has 5 nitrogen and oxygen atoms in total. The summed E-state index contributed by atoms with van der Waals surface area (Å²) < 4.78 is 16.3. The molecule has 0 saturated carbocycles. The fourth-order valence-corrected chi connectivity index (χ4v) is 2.43. The number of methoxy groups -OCH3 is 2. The van der Waals surface area contributed by atoms with Gasteiger partial charge in [0.2, 0.25) is 0 Å². The standard InChI is InChI=1S/C20H25NO4/c1-5-14-7-10-16(11-8-14)25-17(6-2)20(22)21-15-9-12-18(23-3)19(13-15)24-4/h7-13,17H,5-6H2,1-4H3,(H,21,22)/t17-/m0/s1. The van der Waals surface area contributed by atoms with E-state index in [4.69, 9.17) is 14.2 Å². The van der Waals surface area contributed by atoms with Crippen LogP contribution in [0.25, 0.3) is 0 Å². The van der Waals surface area contributed by atoms with E-state index in [1.807, 2.05) is 31.2 Å². The topological polar surface area (TPSA) is 56.8 Å².